The monoisotopic (exact) mass is 231 g/mol. The lowest BCUT2D eigenvalue weighted by Crippen LogP contribution is -2.10. The summed E-state index contributed by atoms with van der Waals surface area (Å²) in [5.41, 5.74) is 1.64. The van der Waals surface area contributed by atoms with Crippen LogP contribution in [0.25, 0.3) is 5.65 Å². The minimum atomic E-state index is -0.180. The topological polar surface area (TPSA) is 63.4 Å². The second kappa shape index (κ2) is 4.32. The van der Waals surface area contributed by atoms with Crippen molar-refractivity contribution in [3.63, 3.8) is 0 Å². The van der Waals surface area contributed by atoms with Gasteiger partial charge in [0.05, 0.1) is 11.9 Å². The van der Waals surface area contributed by atoms with Crippen molar-refractivity contribution in [1.82, 2.24) is 24.7 Å². The van der Waals surface area contributed by atoms with Crippen LogP contribution in [0.2, 0.25) is 0 Å². The molecule has 2 rings (SSSR count). The van der Waals surface area contributed by atoms with Crippen molar-refractivity contribution >= 4 is 11.4 Å². The van der Waals surface area contributed by atoms with E-state index in [2.05, 4.69) is 15.3 Å². The van der Waals surface area contributed by atoms with Gasteiger partial charge in [0.25, 0.3) is 0 Å². The molecule has 0 saturated carbocycles. The molecule has 17 heavy (non-hydrogen) atoms. The molecule has 2 heterocycles. The normalized spacial score (nSPS) is 11.2. The Bertz CT molecular complexity index is 585. The summed E-state index contributed by atoms with van der Waals surface area (Å²) >= 11 is 0. The van der Waals surface area contributed by atoms with Crippen LogP contribution in [0.4, 0.5) is 0 Å². The maximum atomic E-state index is 11.9. The van der Waals surface area contributed by atoms with Gasteiger partial charge in [-0.1, -0.05) is 0 Å². The Morgan fingerprint density at radius 2 is 2.18 bits per heavy atom. The highest BCUT2D eigenvalue weighted by atomic mass is 16.1. The first-order chi connectivity index (χ1) is 8.09. The molecular weight excluding hydrogens is 218 g/mol. The average Bonchev–Trinajstić information content (AvgIpc) is 2.75. The zero-order valence-corrected chi connectivity index (χ0v) is 9.95. The molecule has 0 aliphatic heterocycles. The number of carbonyl (C=O) groups is 1. The first-order valence-corrected chi connectivity index (χ1v) is 5.15. The van der Waals surface area contributed by atoms with Gasteiger partial charge in [0, 0.05) is 32.4 Å². The van der Waals surface area contributed by atoms with Crippen LogP contribution in [-0.2, 0) is 0 Å². The summed E-state index contributed by atoms with van der Waals surface area (Å²) in [5, 5.41) is 11.9. The van der Waals surface area contributed by atoms with E-state index in [0.717, 1.165) is 0 Å². The minimum absolute atomic E-state index is 0.180. The Kier molecular flexibility index (Phi) is 2.86. The largest absolute Gasteiger partial charge is 0.383 e. The van der Waals surface area contributed by atoms with E-state index in [4.69, 9.17) is 0 Å². The molecule has 0 unspecified atom stereocenters. The number of ketones is 1. The van der Waals surface area contributed by atoms with E-state index in [9.17, 15) is 4.79 Å². The zero-order valence-electron chi connectivity index (χ0n) is 9.95. The van der Waals surface area contributed by atoms with Crippen LogP contribution in [0.3, 0.4) is 0 Å². The lowest BCUT2D eigenvalue weighted by atomic mass is 10.2. The summed E-state index contributed by atoms with van der Waals surface area (Å²) in [4.78, 5) is 13.7. The fourth-order valence-electron chi connectivity index (χ4n) is 1.43. The fourth-order valence-corrected chi connectivity index (χ4v) is 1.43. The Hall–Kier alpha value is -2.24. The Balaban J connectivity index is 2.42. The van der Waals surface area contributed by atoms with Gasteiger partial charge in [-0.3, -0.25) is 4.79 Å². The number of aromatic nitrogens is 4. The first-order valence-electron chi connectivity index (χ1n) is 5.15. The number of nitrogens with zero attached hydrogens (tertiary/aromatic N) is 5. The summed E-state index contributed by atoms with van der Waals surface area (Å²) < 4.78 is 1.60. The number of fused-ring (bicyclic) bond motifs is 1. The number of hydrogen-bond donors (Lipinski definition) is 0. The maximum absolute atomic E-state index is 11.9. The van der Waals surface area contributed by atoms with Crippen LogP contribution < -0.4 is 0 Å². The smallest absolute Gasteiger partial charge is 0.209 e. The molecule has 0 radical (unpaired) electrons. The summed E-state index contributed by atoms with van der Waals surface area (Å²) in [7, 11) is 3.69. The van der Waals surface area contributed by atoms with Gasteiger partial charge in [0.15, 0.2) is 11.3 Å². The quantitative estimate of drug-likeness (QED) is 0.574. The summed E-state index contributed by atoms with van der Waals surface area (Å²) in [6, 6.07) is 1.74. The second-order valence-electron chi connectivity index (χ2n) is 3.88. The van der Waals surface area contributed by atoms with Crippen molar-refractivity contribution in [2.24, 2.45) is 0 Å². The molecule has 0 saturated heterocycles. The summed E-state index contributed by atoms with van der Waals surface area (Å²) in [6.07, 6.45) is 4.77. The fraction of sp³-hybridized carbons (Fsp3) is 0.273. The van der Waals surface area contributed by atoms with Gasteiger partial charge in [-0.2, -0.15) is 5.10 Å². The van der Waals surface area contributed by atoms with Crippen LogP contribution in [0.5, 0.6) is 0 Å². The third-order valence-corrected chi connectivity index (χ3v) is 2.29. The predicted molar refractivity (Wildman–Crippen MR) is 62.7 cm³/mol. The van der Waals surface area contributed by atoms with Gasteiger partial charge in [0.2, 0.25) is 5.78 Å². The molecule has 88 valence electrons. The zero-order chi connectivity index (χ0) is 12.4. The summed E-state index contributed by atoms with van der Waals surface area (Å²) in [5.74, 6) is -0.180. The number of hydrogen-bond acceptors (Lipinski definition) is 5. The van der Waals surface area contributed by atoms with Gasteiger partial charge in [0.1, 0.15) is 0 Å². The van der Waals surface area contributed by atoms with Crippen molar-refractivity contribution < 1.29 is 4.79 Å². The van der Waals surface area contributed by atoms with E-state index in [1.54, 1.807) is 34.8 Å². The molecule has 0 spiro atoms. The van der Waals surface area contributed by atoms with E-state index in [-0.39, 0.29) is 5.78 Å². The minimum Gasteiger partial charge on any atom is -0.383 e. The molecule has 0 fully saturated rings. The molecule has 0 aromatic carbocycles. The van der Waals surface area contributed by atoms with Crippen molar-refractivity contribution in [1.29, 1.82) is 0 Å². The number of aryl methyl sites for hydroxylation is 1. The lowest BCUT2D eigenvalue weighted by molar-refractivity contribution is 0.103. The number of allylic oxidation sites excluding steroid dienone is 1. The average molecular weight is 231 g/mol. The van der Waals surface area contributed by atoms with E-state index in [1.807, 2.05) is 14.1 Å². The van der Waals surface area contributed by atoms with Crippen LogP contribution in [0, 0.1) is 6.92 Å². The molecule has 0 atom stereocenters. The highest BCUT2D eigenvalue weighted by molar-refractivity contribution is 6.03. The molecule has 0 amide bonds. The molecule has 0 aliphatic carbocycles. The number of rotatable bonds is 3. The predicted octanol–water partition coefficient (Wildman–Crippen LogP) is 0.691. The van der Waals surface area contributed by atoms with Crippen LogP contribution >= 0.6 is 0 Å². The van der Waals surface area contributed by atoms with Crippen LogP contribution in [0.15, 0.2) is 24.5 Å². The van der Waals surface area contributed by atoms with Gasteiger partial charge in [-0.05, 0) is 6.92 Å². The van der Waals surface area contributed by atoms with Crippen molar-refractivity contribution in [2.75, 3.05) is 14.1 Å². The molecule has 2 aromatic rings. The molecule has 0 aliphatic rings. The SMILES string of the molecule is Cc1c(C(=O)/C=C/N(C)C)nnc2ccnn12. The van der Waals surface area contributed by atoms with Gasteiger partial charge in [-0.15, -0.1) is 10.2 Å². The van der Waals surface area contributed by atoms with E-state index >= 15 is 0 Å². The number of carbonyl (C=O) groups excluding carboxylic acids is 1. The summed E-state index contributed by atoms with van der Waals surface area (Å²) in [6.45, 7) is 1.80. The van der Waals surface area contributed by atoms with Gasteiger partial charge >= 0.3 is 0 Å². The lowest BCUT2D eigenvalue weighted by Gasteiger charge is -2.04. The van der Waals surface area contributed by atoms with Crippen LogP contribution in [0.1, 0.15) is 16.2 Å². The van der Waals surface area contributed by atoms with Crippen LogP contribution in [-0.4, -0.2) is 44.6 Å². The van der Waals surface area contributed by atoms with E-state index in [1.165, 1.54) is 6.08 Å². The van der Waals surface area contributed by atoms with Gasteiger partial charge in [-0.25, -0.2) is 4.52 Å². The first kappa shape index (κ1) is 11.3. The van der Waals surface area contributed by atoms with Crippen molar-refractivity contribution in [3.05, 3.63) is 35.9 Å². The highest BCUT2D eigenvalue weighted by Gasteiger charge is 2.12. The molecule has 0 bridgehead atoms. The third-order valence-electron chi connectivity index (χ3n) is 2.29. The third kappa shape index (κ3) is 2.15. The second-order valence-corrected chi connectivity index (χ2v) is 3.88. The van der Waals surface area contributed by atoms with Crippen molar-refractivity contribution in [3.8, 4) is 0 Å². The van der Waals surface area contributed by atoms with Crippen molar-refractivity contribution in [2.45, 2.75) is 6.92 Å². The Morgan fingerprint density at radius 3 is 2.88 bits per heavy atom. The highest BCUT2D eigenvalue weighted by Crippen LogP contribution is 2.07. The molecule has 0 N–H and O–H groups in total. The molecule has 6 heteroatoms. The standard InChI is InChI=1S/C11H13N5O/c1-8-11(9(17)5-7-15(2)3)14-13-10-4-6-12-16(8)10/h4-7H,1-3H3/b7-5+. The Morgan fingerprint density at radius 1 is 1.41 bits per heavy atom. The molecular formula is C11H13N5O. The van der Waals surface area contributed by atoms with E-state index < -0.39 is 0 Å². The maximum Gasteiger partial charge on any atom is 0.209 e. The Labute approximate surface area is 98.6 Å². The van der Waals surface area contributed by atoms with E-state index in [0.29, 0.717) is 17.0 Å². The molecule has 6 nitrogen and oxygen atoms in total. The molecule has 2 aromatic heterocycles. The van der Waals surface area contributed by atoms with Gasteiger partial charge < -0.3 is 4.90 Å².